The summed E-state index contributed by atoms with van der Waals surface area (Å²) in [5.74, 6) is -1.32. The third-order valence-corrected chi connectivity index (χ3v) is 12.1. The van der Waals surface area contributed by atoms with Crippen LogP contribution in [0.15, 0.2) is 4.99 Å². The molecule has 1 aliphatic rings. The zero-order valence-corrected chi connectivity index (χ0v) is 39.0. The Morgan fingerprint density at radius 2 is 1.74 bits per heavy atom. The number of Topliss-reactive ketones (excluding diaryl/α,β-unsaturated/α-hetero) is 4. The second kappa shape index (κ2) is 35.0. The van der Waals surface area contributed by atoms with E-state index >= 15 is 0 Å². The number of hydrogen-bond acceptors (Lipinski definition) is 15. The van der Waals surface area contributed by atoms with Crippen molar-refractivity contribution < 1.29 is 47.8 Å². The summed E-state index contributed by atoms with van der Waals surface area (Å²) in [5.41, 5.74) is 10.8. The molecule has 20 heteroatoms. The Morgan fingerprint density at radius 1 is 1.00 bits per heavy atom. The molecule has 3 amide bonds. The smallest absolute Gasteiger partial charge is 0.230 e. The van der Waals surface area contributed by atoms with E-state index in [0.717, 1.165) is 6.29 Å². The number of carbonyl (C=O) groups is 8. The number of likely N-dealkylation sites (N-methyl/N-ethyl adjacent to an activating group) is 1. The first-order chi connectivity index (χ1) is 29.7. The lowest BCUT2D eigenvalue weighted by Crippen LogP contribution is -2.48. The maximum absolute atomic E-state index is 13.9. The molecular formula is C42H74N8O10S2. The Hall–Kier alpha value is -3.43. The van der Waals surface area contributed by atoms with Crippen LogP contribution in [-0.4, -0.2) is 166 Å². The summed E-state index contributed by atoms with van der Waals surface area (Å²) in [6.45, 7) is 5.81. The molecule has 1 rings (SSSR count). The Balaban J connectivity index is 2.91. The highest BCUT2D eigenvalue weighted by Crippen LogP contribution is 2.20. The average molecular weight is 915 g/mol. The minimum Gasteiger partial charge on any atom is -0.379 e. The number of aldehydes is 1. The van der Waals surface area contributed by atoms with Gasteiger partial charge in [-0.1, -0.05) is 26.7 Å². The molecule has 0 spiro atoms. The fourth-order valence-electron chi connectivity index (χ4n) is 6.53. The summed E-state index contributed by atoms with van der Waals surface area (Å²) < 4.78 is 11.0. The fourth-order valence-corrected chi connectivity index (χ4v) is 7.94. The van der Waals surface area contributed by atoms with Crippen molar-refractivity contribution in [2.24, 2.45) is 28.3 Å². The van der Waals surface area contributed by atoms with E-state index in [-0.39, 0.29) is 116 Å². The summed E-state index contributed by atoms with van der Waals surface area (Å²) in [6.07, 6.45) is 7.50. The molecule has 0 radical (unpaired) electrons. The number of amides is 3. The molecule has 18 nitrogen and oxygen atoms in total. The van der Waals surface area contributed by atoms with E-state index in [4.69, 9.17) is 20.9 Å². The highest BCUT2D eigenvalue weighted by Gasteiger charge is 2.29. The maximum Gasteiger partial charge on any atom is 0.230 e. The van der Waals surface area contributed by atoms with Crippen LogP contribution in [0.3, 0.4) is 0 Å². The number of ether oxygens (including phenoxy) is 2. The number of carbonyl (C=O) groups excluding carboxylic acids is 8. The first-order valence-corrected chi connectivity index (χ1v) is 24.4. The number of ketones is 4. The average Bonchev–Trinajstić information content (AvgIpc) is 3.23. The van der Waals surface area contributed by atoms with Crippen molar-refractivity contribution in [3.63, 3.8) is 0 Å². The van der Waals surface area contributed by atoms with Gasteiger partial charge >= 0.3 is 0 Å². The predicted octanol–water partition coefficient (Wildman–Crippen LogP) is 0.807. The Morgan fingerprint density at radius 3 is 2.44 bits per heavy atom. The standard InChI is InChI=1S/C42H74N8O10S2/c1-5-30(2)41-35(53)14-13-31(10-6-7-17-45-38(56)16-21-60-23-22-59-20-9-12-33(52)27-61-4)36(54)24-48-34(28-62-29-40(58)46-19-15-39(57)49-41)37(55)25-50(3)32(26-51)11-8-18-47-42(43)44/h26,30-32,34,41,48H,5-25,27-29H2,1-4H3,(H,45,56)(H,46,58)(H,49,57)(H4,43,44,47)/t30-,31+,32-,34-,41-/m0/s1. The molecule has 1 aliphatic heterocycles. The van der Waals surface area contributed by atoms with Gasteiger partial charge in [-0.05, 0) is 57.7 Å². The third kappa shape index (κ3) is 26.9. The molecule has 1 saturated heterocycles. The summed E-state index contributed by atoms with van der Waals surface area (Å²) in [6, 6.07) is -2.14. The lowest BCUT2D eigenvalue weighted by Gasteiger charge is -2.26. The van der Waals surface area contributed by atoms with Crippen molar-refractivity contribution in [2.45, 2.75) is 109 Å². The Kier molecular flexibility index (Phi) is 31.9. The SMILES string of the molecule is CC[C@H](C)[C@@H]1NC(=O)CCNC(=O)CSC[C@@H](C(=O)CN(C)[C@H](C=O)CCCN=C(N)N)NCC(=O)[C@H](CCCCNC(=O)CCOCCOCCCC(=O)CSC)CCC1=O. The monoisotopic (exact) mass is 914 g/mol. The van der Waals surface area contributed by atoms with Crippen LogP contribution in [0.1, 0.15) is 90.9 Å². The van der Waals surface area contributed by atoms with Crippen LogP contribution >= 0.6 is 23.5 Å². The number of rotatable bonds is 28. The minimum absolute atomic E-state index is 0.0113. The lowest BCUT2D eigenvalue weighted by atomic mass is 9.87. The van der Waals surface area contributed by atoms with Crippen LogP contribution in [-0.2, 0) is 47.8 Å². The van der Waals surface area contributed by atoms with Gasteiger partial charge in [-0.15, -0.1) is 11.8 Å². The second-order valence-electron chi connectivity index (χ2n) is 15.6. The van der Waals surface area contributed by atoms with E-state index < -0.39 is 24.0 Å². The molecule has 0 aromatic rings. The Labute approximate surface area is 376 Å². The lowest BCUT2D eigenvalue weighted by molar-refractivity contribution is -0.130. The summed E-state index contributed by atoms with van der Waals surface area (Å²) >= 11 is 2.72. The first-order valence-electron chi connectivity index (χ1n) is 21.8. The topological polar surface area (TPSA) is 271 Å². The summed E-state index contributed by atoms with van der Waals surface area (Å²) in [4.78, 5) is 108. The van der Waals surface area contributed by atoms with Crippen LogP contribution in [0.4, 0.5) is 0 Å². The van der Waals surface area contributed by atoms with Crippen LogP contribution in [0, 0.1) is 11.8 Å². The van der Waals surface area contributed by atoms with Crippen molar-refractivity contribution in [3.8, 4) is 0 Å². The van der Waals surface area contributed by atoms with Gasteiger partial charge in [-0.2, -0.15) is 11.8 Å². The van der Waals surface area contributed by atoms with Crippen LogP contribution in [0.2, 0.25) is 0 Å². The largest absolute Gasteiger partial charge is 0.379 e. The Bertz CT molecular complexity index is 1420. The van der Waals surface area contributed by atoms with Gasteiger partial charge in [-0.25, -0.2) is 0 Å². The van der Waals surface area contributed by atoms with Crippen LogP contribution in [0.25, 0.3) is 0 Å². The predicted molar refractivity (Wildman–Crippen MR) is 244 cm³/mol. The van der Waals surface area contributed by atoms with Crippen molar-refractivity contribution >= 4 is 76.6 Å². The van der Waals surface area contributed by atoms with Crippen molar-refractivity contribution in [2.75, 3.05) is 89.7 Å². The van der Waals surface area contributed by atoms with E-state index in [9.17, 15) is 38.4 Å². The quantitative estimate of drug-likeness (QED) is 0.0274. The van der Waals surface area contributed by atoms with Crippen molar-refractivity contribution in [1.82, 2.24) is 26.2 Å². The van der Waals surface area contributed by atoms with Gasteiger partial charge in [0.15, 0.2) is 17.5 Å². The van der Waals surface area contributed by atoms with Gasteiger partial charge in [0, 0.05) is 63.6 Å². The molecule has 0 aliphatic carbocycles. The van der Waals surface area contributed by atoms with E-state index in [1.807, 2.05) is 20.1 Å². The van der Waals surface area contributed by atoms with Gasteiger partial charge in [0.2, 0.25) is 17.7 Å². The highest BCUT2D eigenvalue weighted by molar-refractivity contribution is 8.00. The molecule has 5 atom stereocenters. The van der Waals surface area contributed by atoms with Gasteiger partial charge in [-0.3, -0.25) is 48.8 Å². The van der Waals surface area contributed by atoms with Gasteiger partial charge in [0.05, 0.1) is 62.5 Å². The highest BCUT2D eigenvalue weighted by atomic mass is 32.2. The zero-order chi connectivity index (χ0) is 46.1. The molecule has 1 heterocycles. The fraction of sp³-hybridized carbons (Fsp3) is 0.786. The summed E-state index contributed by atoms with van der Waals surface area (Å²) in [7, 11) is 1.66. The van der Waals surface area contributed by atoms with Gasteiger partial charge < -0.3 is 41.7 Å². The van der Waals surface area contributed by atoms with E-state index in [0.29, 0.717) is 90.0 Å². The molecule has 0 unspecified atom stereocenters. The number of nitrogens with zero attached hydrogens (tertiary/aromatic N) is 2. The van der Waals surface area contributed by atoms with E-state index in [1.165, 1.54) is 23.5 Å². The molecule has 0 bridgehead atoms. The maximum atomic E-state index is 13.9. The second-order valence-corrected chi connectivity index (χ2v) is 17.5. The van der Waals surface area contributed by atoms with Crippen molar-refractivity contribution in [1.29, 1.82) is 0 Å². The first kappa shape index (κ1) is 56.6. The number of nitrogens with two attached hydrogens (primary N) is 2. The van der Waals surface area contributed by atoms with Crippen LogP contribution in [0.5, 0.6) is 0 Å². The van der Waals surface area contributed by atoms with E-state index in [1.54, 1.807) is 11.9 Å². The molecule has 8 N–H and O–H groups in total. The summed E-state index contributed by atoms with van der Waals surface area (Å²) in [5, 5.41) is 11.6. The van der Waals surface area contributed by atoms with Crippen molar-refractivity contribution in [3.05, 3.63) is 0 Å². The zero-order valence-electron chi connectivity index (χ0n) is 37.4. The third-order valence-electron chi connectivity index (χ3n) is 10.5. The van der Waals surface area contributed by atoms with Gasteiger partial charge in [0.1, 0.15) is 17.9 Å². The molecule has 62 heavy (non-hydrogen) atoms. The molecular weight excluding hydrogens is 841 g/mol. The molecule has 1 fully saturated rings. The number of guanidine groups is 1. The molecule has 0 aromatic heterocycles. The van der Waals surface area contributed by atoms with Crippen LogP contribution < -0.4 is 32.7 Å². The number of nitrogens with one attached hydrogen (secondary N) is 4. The molecule has 0 saturated carbocycles. The number of unbranched alkanes of at least 4 members (excludes halogenated alkanes) is 1. The van der Waals surface area contributed by atoms with Gasteiger partial charge in [0.25, 0.3) is 0 Å². The molecule has 354 valence electrons. The number of hydrogen-bond donors (Lipinski definition) is 6. The number of thioether (sulfide) groups is 2. The number of aliphatic imine (C=N–C) groups is 1. The van der Waals surface area contributed by atoms with E-state index in [2.05, 4.69) is 26.3 Å². The molecule has 0 aromatic carbocycles. The minimum atomic E-state index is -0.826. The normalized spacial score (nSPS) is 19.7.